The molecule has 1 aliphatic rings. The van der Waals surface area contributed by atoms with Gasteiger partial charge in [0.1, 0.15) is 12.1 Å². The first-order chi connectivity index (χ1) is 16.3. The van der Waals surface area contributed by atoms with E-state index in [-0.39, 0.29) is 25.3 Å². The van der Waals surface area contributed by atoms with Crippen LogP contribution in [-0.2, 0) is 25.5 Å². The number of rotatable bonds is 12. The fourth-order valence-electron chi connectivity index (χ4n) is 4.31. The summed E-state index contributed by atoms with van der Waals surface area (Å²) in [5, 5.41) is 24.9. The maximum atomic E-state index is 13.3. The van der Waals surface area contributed by atoms with Gasteiger partial charge >= 0.3 is 11.9 Å². The molecule has 0 aliphatic heterocycles. The minimum atomic E-state index is -1.28. The monoisotopic (exact) mass is 473 g/mol. The lowest BCUT2D eigenvalue weighted by Crippen LogP contribution is -2.62. The van der Waals surface area contributed by atoms with Gasteiger partial charge in [-0.25, -0.2) is 9.78 Å². The normalized spacial score (nSPS) is 16.6. The molecule has 3 rings (SSSR count). The number of carboxylic acids is 2. The number of carbonyl (C=O) groups excluding carboxylic acids is 1. The van der Waals surface area contributed by atoms with Gasteiger partial charge in [0.15, 0.2) is 11.7 Å². The Morgan fingerprint density at radius 3 is 2.35 bits per heavy atom. The van der Waals surface area contributed by atoms with Crippen molar-refractivity contribution in [3.63, 3.8) is 0 Å². The lowest BCUT2D eigenvalue weighted by Gasteiger charge is -2.33. The highest BCUT2D eigenvalue weighted by Gasteiger charge is 2.45. The first kappa shape index (κ1) is 25.4. The van der Waals surface area contributed by atoms with Crippen LogP contribution in [-0.4, -0.2) is 64.4 Å². The quantitative estimate of drug-likeness (QED) is 0.363. The molecular weight excluding hydrogens is 442 g/mol. The SMILES string of the molecule is COCC[C@H](NC1(C(=O)N[C@@H](Cc2nc(C)c(-c3ccccc3)o2)C(=O)O)CCCC1)C(=O)O. The van der Waals surface area contributed by atoms with Gasteiger partial charge in [-0.15, -0.1) is 0 Å². The fourth-order valence-corrected chi connectivity index (χ4v) is 4.31. The van der Waals surface area contributed by atoms with Crippen LogP contribution in [0.2, 0.25) is 0 Å². The van der Waals surface area contributed by atoms with E-state index in [1.807, 2.05) is 30.3 Å². The summed E-state index contributed by atoms with van der Waals surface area (Å²) in [6, 6.07) is 7.07. The molecule has 1 fully saturated rings. The van der Waals surface area contributed by atoms with Crippen LogP contribution in [0.15, 0.2) is 34.7 Å². The number of nitrogens with one attached hydrogen (secondary N) is 2. The van der Waals surface area contributed by atoms with Crippen LogP contribution in [0.5, 0.6) is 0 Å². The minimum absolute atomic E-state index is 0.142. The summed E-state index contributed by atoms with van der Waals surface area (Å²) in [6.45, 7) is 1.99. The zero-order valence-corrected chi connectivity index (χ0v) is 19.4. The number of aryl methyl sites for hydroxylation is 1. The number of benzene rings is 1. The van der Waals surface area contributed by atoms with Gasteiger partial charge in [0.25, 0.3) is 0 Å². The molecule has 1 amide bonds. The molecule has 0 unspecified atom stereocenters. The standard InChI is InChI=1S/C24H31N3O7/c1-15-20(16-8-4-3-5-9-16)34-19(25-15)14-18(22(30)31)26-23(32)24(11-6-7-12-24)27-17(21(28)29)10-13-33-2/h3-5,8-9,17-18,27H,6-7,10-14H2,1-2H3,(H,26,32)(H,28,29)(H,30,31)/t17-,18-/m0/s1. The van der Waals surface area contributed by atoms with E-state index >= 15 is 0 Å². The zero-order valence-electron chi connectivity index (χ0n) is 19.4. The van der Waals surface area contributed by atoms with E-state index in [0.717, 1.165) is 18.4 Å². The first-order valence-corrected chi connectivity index (χ1v) is 11.3. The molecule has 10 nitrogen and oxygen atoms in total. The van der Waals surface area contributed by atoms with Gasteiger partial charge in [-0.2, -0.15) is 0 Å². The summed E-state index contributed by atoms with van der Waals surface area (Å²) in [7, 11) is 1.47. The largest absolute Gasteiger partial charge is 0.480 e. The van der Waals surface area contributed by atoms with Crippen molar-refractivity contribution in [1.29, 1.82) is 0 Å². The lowest BCUT2D eigenvalue weighted by atomic mass is 9.93. The number of carbonyl (C=O) groups is 3. The second-order valence-electron chi connectivity index (χ2n) is 8.56. The first-order valence-electron chi connectivity index (χ1n) is 11.3. The molecule has 1 aliphatic carbocycles. The van der Waals surface area contributed by atoms with E-state index < -0.39 is 35.5 Å². The predicted octanol–water partition coefficient (Wildman–Crippen LogP) is 2.15. The summed E-state index contributed by atoms with van der Waals surface area (Å²) in [6.07, 6.45) is 2.33. The van der Waals surface area contributed by atoms with Gasteiger partial charge in [0, 0.05) is 19.3 Å². The highest BCUT2D eigenvalue weighted by atomic mass is 16.5. The summed E-state index contributed by atoms with van der Waals surface area (Å²) in [5.41, 5.74) is 0.277. The number of amides is 1. The topological polar surface area (TPSA) is 151 Å². The minimum Gasteiger partial charge on any atom is -0.480 e. The van der Waals surface area contributed by atoms with Gasteiger partial charge in [0.2, 0.25) is 5.91 Å². The number of nitrogens with zero attached hydrogens (tertiary/aromatic N) is 1. The van der Waals surface area contributed by atoms with Crippen molar-refractivity contribution in [3.8, 4) is 11.3 Å². The molecular formula is C24H31N3O7. The molecule has 0 radical (unpaired) electrons. The lowest BCUT2D eigenvalue weighted by molar-refractivity contribution is -0.145. The highest BCUT2D eigenvalue weighted by molar-refractivity contribution is 5.91. The third-order valence-corrected chi connectivity index (χ3v) is 6.11. The number of oxazole rings is 1. The Morgan fingerprint density at radius 2 is 1.76 bits per heavy atom. The molecule has 1 saturated carbocycles. The molecule has 1 aromatic carbocycles. The number of aliphatic carboxylic acids is 2. The van der Waals surface area contributed by atoms with Crippen molar-refractivity contribution in [2.24, 2.45) is 0 Å². The molecule has 0 bridgehead atoms. The Kier molecular flexibility index (Phi) is 8.41. The van der Waals surface area contributed by atoms with Crippen LogP contribution >= 0.6 is 0 Å². The van der Waals surface area contributed by atoms with Gasteiger partial charge in [-0.3, -0.25) is 14.9 Å². The molecule has 10 heteroatoms. The van der Waals surface area contributed by atoms with E-state index in [1.165, 1.54) is 7.11 Å². The number of aromatic nitrogens is 1. The van der Waals surface area contributed by atoms with Crippen molar-refractivity contribution in [2.75, 3.05) is 13.7 Å². The van der Waals surface area contributed by atoms with Gasteiger partial charge < -0.3 is 24.7 Å². The number of hydrogen-bond donors (Lipinski definition) is 4. The van der Waals surface area contributed by atoms with Crippen molar-refractivity contribution in [2.45, 2.75) is 63.1 Å². The van der Waals surface area contributed by atoms with Crippen molar-refractivity contribution in [1.82, 2.24) is 15.6 Å². The van der Waals surface area contributed by atoms with E-state index in [1.54, 1.807) is 6.92 Å². The number of methoxy groups -OCH3 is 1. The summed E-state index contributed by atoms with van der Waals surface area (Å²) in [4.78, 5) is 41.3. The van der Waals surface area contributed by atoms with Crippen molar-refractivity contribution in [3.05, 3.63) is 41.9 Å². The summed E-state index contributed by atoms with van der Waals surface area (Å²) in [5.74, 6) is -2.11. The Morgan fingerprint density at radius 1 is 1.12 bits per heavy atom. The fraction of sp³-hybridized carbons (Fsp3) is 0.500. The second-order valence-corrected chi connectivity index (χ2v) is 8.56. The van der Waals surface area contributed by atoms with Crippen molar-refractivity contribution < 1.29 is 33.8 Å². The maximum absolute atomic E-state index is 13.3. The van der Waals surface area contributed by atoms with Gasteiger partial charge in [0.05, 0.1) is 17.7 Å². The van der Waals surface area contributed by atoms with E-state index in [9.17, 15) is 24.6 Å². The maximum Gasteiger partial charge on any atom is 0.326 e. The van der Waals surface area contributed by atoms with Crippen LogP contribution in [0.4, 0.5) is 0 Å². The molecule has 4 N–H and O–H groups in total. The number of carboxylic acid groups (broad SMARTS) is 2. The highest BCUT2D eigenvalue weighted by Crippen LogP contribution is 2.31. The molecule has 0 spiro atoms. The van der Waals surface area contributed by atoms with E-state index in [4.69, 9.17) is 9.15 Å². The molecule has 1 aromatic heterocycles. The average molecular weight is 474 g/mol. The van der Waals surface area contributed by atoms with Crippen LogP contribution in [0.1, 0.15) is 43.7 Å². The Bertz CT molecular complexity index is 999. The molecule has 34 heavy (non-hydrogen) atoms. The Hall–Kier alpha value is -3.24. The predicted molar refractivity (Wildman–Crippen MR) is 122 cm³/mol. The zero-order chi connectivity index (χ0) is 24.7. The average Bonchev–Trinajstić information content (AvgIpc) is 3.43. The van der Waals surface area contributed by atoms with Crippen LogP contribution in [0, 0.1) is 6.92 Å². The molecule has 184 valence electrons. The number of hydrogen-bond acceptors (Lipinski definition) is 7. The Balaban J connectivity index is 1.76. The van der Waals surface area contributed by atoms with E-state index in [0.29, 0.717) is 24.3 Å². The number of ether oxygens (including phenoxy) is 1. The molecule has 2 atom stereocenters. The third kappa shape index (κ3) is 6.00. The summed E-state index contributed by atoms with van der Waals surface area (Å²) < 4.78 is 10.8. The molecule has 0 saturated heterocycles. The smallest absolute Gasteiger partial charge is 0.326 e. The van der Waals surface area contributed by atoms with Crippen LogP contribution in [0.3, 0.4) is 0 Å². The second kappa shape index (κ2) is 11.3. The molecule has 1 heterocycles. The van der Waals surface area contributed by atoms with Crippen LogP contribution in [0.25, 0.3) is 11.3 Å². The Labute approximate surface area is 197 Å². The van der Waals surface area contributed by atoms with E-state index in [2.05, 4.69) is 15.6 Å². The van der Waals surface area contributed by atoms with Crippen molar-refractivity contribution >= 4 is 17.8 Å². The third-order valence-electron chi connectivity index (χ3n) is 6.11. The van der Waals surface area contributed by atoms with Crippen LogP contribution < -0.4 is 10.6 Å². The van der Waals surface area contributed by atoms with Gasteiger partial charge in [-0.05, 0) is 26.2 Å². The summed E-state index contributed by atoms with van der Waals surface area (Å²) >= 11 is 0. The molecule has 2 aromatic rings. The van der Waals surface area contributed by atoms with Gasteiger partial charge in [-0.1, -0.05) is 43.2 Å².